The Kier molecular flexibility index (Phi) is 5.58. The first-order valence-corrected chi connectivity index (χ1v) is 13.1. The average Bonchev–Trinajstić information content (AvgIpc) is 3.72. The van der Waals surface area contributed by atoms with E-state index < -0.39 is 0 Å². The van der Waals surface area contributed by atoms with Crippen LogP contribution in [0.4, 0.5) is 5.82 Å². The Balaban J connectivity index is 1.24. The quantitative estimate of drug-likeness (QED) is 0.319. The number of rotatable bonds is 5. The Labute approximate surface area is 223 Å². The van der Waals surface area contributed by atoms with Gasteiger partial charge in [-0.25, -0.2) is 4.98 Å². The monoisotopic (exact) mass is 521 g/mol. The number of aliphatic hydroxyl groups excluding tert-OH is 1. The minimum atomic E-state index is -0.237. The molecule has 2 aliphatic rings. The summed E-state index contributed by atoms with van der Waals surface area (Å²) in [6.45, 7) is -0.237. The van der Waals surface area contributed by atoms with E-state index in [1.807, 2.05) is 53.6 Å². The highest BCUT2D eigenvalue weighted by atomic mass is 16.3. The van der Waals surface area contributed by atoms with Gasteiger partial charge in [-0.2, -0.15) is 9.61 Å². The van der Waals surface area contributed by atoms with Crippen LogP contribution in [0.5, 0.6) is 0 Å². The summed E-state index contributed by atoms with van der Waals surface area (Å²) in [4.78, 5) is 27.6. The van der Waals surface area contributed by atoms with Crippen LogP contribution >= 0.6 is 0 Å². The number of hydrogen-bond acceptors (Lipinski definition) is 8. The fourth-order valence-corrected chi connectivity index (χ4v) is 6.27. The Morgan fingerprint density at radius 1 is 1.05 bits per heavy atom. The van der Waals surface area contributed by atoms with Crippen LogP contribution in [0.15, 0.2) is 61.2 Å². The van der Waals surface area contributed by atoms with Crippen molar-refractivity contribution in [3.63, 3.8) is 0 Å². The third kappa shape index (κ3) is 3.85. The number of anilines is 1. The average molecular weight is 522 g/mol. The van der Waals surface area contributed by atoms with Crippen LogP contribution in [0, 0.1) is 0 Å². The number of aromatic nitrogens is 7. The van der Waals surface area contributed by atoms with Crippen LogP contribution in [0.1, 0.15) is 53.5 Å². The molecule has 11 heteroatoms. The zero-order valence-electron chi connectivity index (χ0n) is 21.1. The number of aromatic amines is 1. The van der Waals surface area contributed by atoms with Crippen LogP contribution < -0.4 is 5.73 Å². The number of hydrogen-bond donors (Lipinski definition) is 3. The molecular weight excluding hydrogens is 494 g/mol. The van der Waals surface area contributed by atoms with E-state index in [9.17, 15) is 9.90 Å². The standard InChI is InChI=1S/C28H27N9O2/c29-25-22(14-38)24(18-10-19-7-8-20(11-18)36(19)28(39)26-31-15-32-35-26)34-27-21(13-33-37(25)27)17-6-9-23(30-12-17)16-4-2-1-3-5-16/h1-6,9,12-13,15,18-20,38H,7-8,10-11,14,29H2,(H,31,32,35)/t18?,19-,20?/m1/s1. The maximum absolute atomic E-state index is 13.1. The van der Waals surface area contributed by atoms with Crippen molar-refractivity contribution in [1.82, 2.24) is 39.7 Å². The smallest absolute Gasteiger partial charge is 0.292 e. The number of aliphatic hydroxyl groups is 1. The van der Waals surface area contributed by atoms with Crippen LogP contribution in [-0.2, 0) is 6.61 Å². The Hall–Kier alpha value is -4.64. The zero-order valence-corrected chi connectivity index (χ0v) is 21.1. The van der Waals surface area contributed by atoms with E-state index in [2.05, 4.69) is 25.3 Å². The predicted octanol–water partition coefficient (Wildman–Crippen LogP) is 3.20. The lowest BCUT2D eigenvalue weighted by molar-refractivity contribution is 0.0556. The number of carbonyl (C=O) groups is 1. The molecule has 39 heavy (non-hydrogen) atoms. The highest BCUT2D eigenvalue weighted by Crippen LogP contribution is 2.45. The molecule has 2 fully saturated rings. The molecule has 1 amide bonds. The first kappa shape index (κ1) is 23.5. The summed E-state index contributed by atoms with van der Waals surface area (Å²) in [6, 6.07) is 14.1. The van der Waals surface area contributed by atoms with E-state index in [0.717, 1.165) is 53.8 Å². The minimum absolute atomic E-state index is 0.0528. The highest BCUT2D eigenvalue weighted by Gasteiger charge is 2.45. The first-order valence-electron chi connectivity index (χ1n) is 13.1. The molecule has 4 N–H and O–H groups in total. The molecular formula is C28H27N9O2. The summed E-state index contributed by atoms with van der Waals surface area (Å²) in [5.74, 6) is 0.580. The van der Waals surface area contributed by atoms with Gasteiger partial charge in [-0.15, -0.1) is 10.2 Å². The lowest BCUT2D eigenvalue weighted by Gasteiger charge is -2.38. The number of nitrogen functional groups attached to an aromatic ring is 1. The van der Waals surface area contributed by atoms with E-state index in [1.165, 1.54) is 6.33 Å². The van der Waals surface area contributed by atoms with Crippen LogP contribution in [0.2, 0.25) is 0 Å². The zero-order chi connectivity index (χ0) is 26.5. The maximum atomic E-state index is 13.1. The fraction of sp³-hybridized carbons (Fsp3) is 0.286. The normalized spacial score (nSPS) is 20.5. The van der Waals surface area contributed by atoms with Crippen molar-refractivity contribution in [1.29, 1.82) is 0 Å². The molecule has 7 rings (SSSR count). The predicted molar refractivity (Wildman–Crippen MR) is 143 cm³/mol. The number of nitrogens with zero attached hydrogens (tertiary/aromatic N) is 7. The SMILES string of the molecule is Nc1c(CO)c(C2CC3CC[C@H](C2)N3C(=O)c2nnc[nH]2)nc2c(-c3ccc(-c4ccccc4)nc3)cnn12. The molecule has 3 atom stereocenters. The fourth-order valence-electron chi connectivity index (χ4n) is 6.27. The molecule has 196 valence electrons. The van der Waals surface area contributed by atoms with Gasteiger partial charge in [-0.1, -0.05) is 36.4 Å². The van der Waals surface area contributed by atoms with Crippen molar-refractivity contribution in [3.05, 3.63) is 78.3 Å². The number of pyridine rings is 1. The van der Waals surface area contributed by atoms with E-state index in [1.54, 1.807) is 10.7 Å². The van der Waals surface area contributed by atoms with Crippen LogP contribution in [0.25, 0.3) is 28.0 Å². The van der Waals surface area contributed by atoms with Gasteiger partial charge in [0.1, 0.15) is 12.1 Å². The molecule has 0 radical (unpaired) electrons. The molecule has 6 heterocycles. The molecule has 0 saturated carbocycles. The molecule has 2 saturated heterocycles. The Bertz CT molecular complexity index is 1630. The summed E-state index contributed by atoms with van der Waals surface area (Å²) in [5, 5.41) is 22.5. The number of carbonyl (C=O) groups excluding carboxylic acids is 1. The molecule has 0 aliphatic carbocycles. The second-order valence-corrected chi connectivity index (χ2v) is 10.2. The summed E-state index contributed by atoms with van der Waals surface area (Å²) in [5.41, 5.74) is 12.2. The lowest BCUT2D eigenvalue weighted by atomic mass is 9.86. The van der Waals surface area contributed by atoms with E-state index in [-0.39, 0.29) is 36.3 Å². The Morgan fingerprint density at radius 3 is 2.51 bits per heavy atom. The number of nitrogens with one attached hydrogen (secondary N) is 1. The number of benzene rings is 1. The van der Waals surface area contributed by atoms with Crippen LogP contribution in [0.3, 0.4) is 0 Å². The van der Waals surface area contributed by atoms with E-state index in [0.29, 0.717) is 17.0 Å². The topological polar surface area (TPSA) is 151 Å². The van der Waals surface area contributed by atoms with Gasteiger partial charge < -0.3 is 20.7 Å². The van der Waals surface area contributed by atoms with E-state index >= 15 is 0 Å². The summed E-state index contributed by atoms with van der Waals surface area (Å²) < 4.78 is 1.59. The van der Waals surface area contributed by atoms with Crippen molar-refractivity contribution >= 4 is 17.4 Å². The van der Waals surface area contributed by atoms with Gasteiger partial charge in [0.25, 0.3) is 5.91 Å². The van der Waals surface area contributed by atoms with Crippen molar-refractivity contribution in [2.75, 3.05) is 5.73 Å². The molecule has 5 aromatic rings. The molecule has 11 nitrogen and oxygen atoms in total. The van der Waals surface area contributed by atoms with Gasteiger partial charge in [0.05, 0.1) is 24.2 Å². The molecule has 2 bridgehead atoms. The maximum Gasteiger partial charge on any atom is 0.292 e. The van der Waals surface area contributed by atoms with Crippen LogP contribution in [-0.4, -0.2) is 62.8 Å². The largest absolute Gasteiger partial charge is 0.391 e. The highest BCUT2D eigenvalue weighted by molar-refractivity contribution is 5.91. The molecule has 2 unspecified atom stereocenters. The number of nitrogens with two attached hydrogens (primary N) is 1. The van der Waals surface area contributed by atoms with Gasteiger partial charge in [-0.3, -0.25) is 9.78 Å². The molecule has 2 aliphatic heterocycles. The van der Waals surface area contributed by atoms with Gasteiger partial charge in [0.2, 0.25) is 5.82 Å². The van der Waals surface area contributed by atoms with E-state index in [4.69, 9.17) is 10.7 Å². The van der Waals surface area contributed by atoms with Crippen molar-refractivity contribution < 1.29 is 9.90 Å². The third-order valence-electron chi connectivity index (χ3n) is 8.09. The van der Waals surface area contributed by atoms with Crippen molar-refractivity contribution in [2.24, 2.45) is 0 Å². The number of amides is 1. The van der Waals surface area contributed by atoms with Gasteiger partial charge in [-0.05, 0) is 31.7 Å². The summed E-state index contributed by atoms with van der Waals surface area (Å²) in [6.07, 6.45) is 8.31. The second-order valence-electron chi connectivity index (χ2n) is 10.2. The van der Waals surface area contributed by atoms with Crippen molar-refractivity contribution in [3.8, 4) is 22.4 Å². The molecule has 0 spiro atoms. The molecule has 4 aromatic heterocycles. The summed E-state index contributed by atoms with van der Waals surface area (Å²) in [7, 11) is 0. The Morgan fingerprint density at radius 2 is 1.85 bits per heavy atom. The number of piperidine rings is 1. The summed E-state index contributed by atoms with van der Waals surface area (Å²) >= 11 is 0. The second kappa shape index (κ2) is 9.28. The first-order chi connectivity index (χ1) is 19.1. The third-order valence-corrected chi connectivity index (χ3v) is 8.09. The lowest BCUT2D eigenvalue weighted by Crippen LogP contribution is -2.46. The molecule has 1 aromatic carbocycles. The number of fused-ring (bicyclic) bond motifs is 3. The number of H-pyrrole nitrogens is 1. The van der Waals surface area contributed by atoms with Crippen molar-refractivity contribution in [2.45, 2.75) is 50.3 Å². The van der Waals surface area contributed by atoms with Gasteiger partial charge >= 0.3 is 0 Å². The van der Waals surface area contributed by atoms with Gasteiger partial charge in [0, 0.05) is 46.5 Å². The van der Waals surface area contributed by atoms with Gasteiger partial charge in [0.15, 0.2) is 5.65 Å². The minimum Gasteiger partial charge on any atom is -0.391 e.